The molecule has 2 rings (SSSR count). The number of rotatable bonds is 3. The minimum absolute atomic E-state index is 0.142. The van der Waals surface area contributed by atoms with Crippen molar-refractivity contribution in [2.45, 2.75) is 45.6 Å². The fourth-order valence-electron chi connectivity index (χ4n) is 2.84. The highest BCUT2D eigenvalue weighted by Gasteiger charge is 2.32. The average molecular weight is 311 g/mol. The van der Waals surface area contributed by atoms with Crippen molar-refractivity contribution in [2.75, 3.05) is 13.1 Å². The van der Waals surface area contributed by atoms with Gasteiger partial charge in [-0.1, -0.05) is 19.9 Å². The molecule has 21 heavy (non-hydrogen) atoms. The van der Waals surface area contributed by atoms with Gasteiger partial charge in [-0.05, 0) is 54.9 Å². The van der Waals surface area contributed by atoms with Gasteiger partial charge in [0.05, 0.1) is 11.5 Å². The number of sulfonamides is 1. The second kappa shape index (κ2) is 6.07. The van der Waals surface area contributed by atoms with Crippen LogP contribution in [0, 0.1) is 25.7 Å². The van der Waals surface area contributed by atoms with Gasteiger partial charge in [-0.15, -0.1) is 0 Å². The van der Waals surface area contributed by atoms with Crippen LogP contribution in [-0.4, -0.2) is 30.9 Å². The van der Waals surface area contributed by atoms with Gasteiger partial charge in [0.25, 0.3) is 0 Å². The van der Waals surface area contributed by atoms with Gasteiger partial charge < -0.3 is 5.11 Å². The van der Waals surface area contributed by atoms with Crippen molar-refractivity contribution >= 4 is 10.0 Å². The van der Waals surface area contributed by atoms with Crippen molar-refractivity contribution in [1.82, 2.24) is 4.31 Å². The first kappa shape index (κ1) is 16.5. The topological polar surface area (TPSA) is 57.6 Å². The largest absolute Gasteiger partial charge is 0.392 e. The molecule has 2 unspecified atom stereocenters. The Morgan fingerprint density at radius 2 is 1.90 bits per heavy atom. The van der Waals surface area contributed by atoms with E-state index < -0.39 is 10.0 Å². The van der Waals surface area contributed by atoms with E-state index in [1.54, 1.807) is 10.4 Å². The highest BCUT2D eigenvalue weighted by atomic mass is 32.2. The fraction of sp³-hybridized carbons (Fsp3) is 0.625. The SMILES string of the molecule is Cc1cc(CO)cc(S(=O)(=O)N2CCC(C)C(C)C2)c1C. The second-order valence-corrected chi connectivity index (χ2v) is 8.21. The van der Waals surface area contributed by atoms with Crippen LogP contribution in [-0.2, 0) is 16.6 Å². The van der Waals surface area contributed by atoms with E-state index in [0.29, 0.717) is 35.4 Å². The third kappa shape index (κ3) is 3.15. The standard InChI is InChI=1S/C16H25NO3S/c1-11-5-6-17(9-13(11)3)21(19,20)16-8-15(10-18)7-12(2)14(16)4/h7-8,11,13,18H,5-6,9-10H2,1-4H3. The van der Waals surface area contributed by atoms with Crippen LogP contribution in [0.15, 0.2) is 17.0 Å². The van der Waals surface area contributed by atoms with E-state index in [1.165, 1.54) is 0 Å². The highest BCUT2D eigenvalue weighted by molar-refractivity contribution is 7.89. The van der Waals surface area contributed by atoms with Crippen molar-refractivity contribution in [3.63, 3.8) is 0 Å². The quantitative estimate of drug-likeness (QED) is 0.933. The molecule has 0 aromatic heterocycles. The summed E-state index contributed by atoms with van der Waals surface area (Å²) in [5, 5.41) is 9.32. The Hall–Kier alpha value is -0.910. The molecule has 1 fully saturated rings. The smallest absolute Gasteiger partial charge is 0.243 e. The zero-order chi connectivity index (χ0) is 15.8. The second-order valence-electron chi connectivity index (χ2n) is 6.30. The molecule has 1 aromatic rings. The number of aryl methyl sites for hydroxylation is 1. The van der Waals surface area contributed by atoms with Gasteiger partial charge in [-0.3, -0.25) is 0 Å². The maximum absolute atomic E-state index is 12.9. The van der Waals surface area contributed by atoms with Crippen LogP contribution in [0.4, 0.5) is 0 Å². The number of aliphatic hydroxyl groups excluding tert-OH is 1. The monoisotopic (exact) mass is 311 g/mol. The van der Waals surface area contributed by atoms with E-state index in [0.717, 1.165) is 17.5 Å². The van der Waals surface area contributed by atoms with Crippen LogP contribution in [0.25, 0.3) is 0 Å². The molecule has 5 heteroatoms. The Bertz CT molecular complexity index is 625. The highest BCUT2D eigenvalue weighted by Crippen LogP contribution is 2.30. The molecule has 1 saturated heterocycles. The molecule has 1 N–H and O–H groups in total. The van der Waals surface area contributed by atoms with E-state index in [9.17, 15) is 13.5 Å². The predicted octanol–water partition coefficient (Wildman–Crippen LogP) is 2.46. The molecule has 1 aliphatic rings. The lowest BCUT2D eigenvalue weighted by atomic mass is 9.90. The Labute approximate surface area is 127 Å². The van der Waals surface area contributed by atoms with E-state index in [-0.39, 0.29) is 6.61 Å². The molecule has 1 heterocycles. The summed E-state index contributed by atoms with van der Waals surface area (Å²) in [6.07, 6.45) is 0.901. The summed E-state index contributed by atoms with van der Waals surface area (Å²) >= 11 is 0. The molecule has 0 saturated carbocycles. The zero-order valence-corrected chi connectivity index (χ0v) is 14.1. The lowest BCUT2D eigenvalue weighted by molar-refractivity contribution is 0.212. The molecule has 0 radical (unpaired) electrons. The van der Waals surface area contributed by atoms with Crippen LogP contribution in [0.3, 0.4) is 0 Å². The molecule has 118 valence electrons. The van der Waals surface area contributed by atoms with Crippen LogP contribution in [0.5, 0.6) is 0 Å². The molecule has 0 spiro atoms. The zero-order valence-electron chi connectivity index (χ0n) is 13.3. The maximum atomic E-state index is 12.9. The van der Waals surface area contributed by atoms with Gasteiger partial charge in [-0.25, -0.2) is 8.42 Å². The summed E-state index contributed by atoms with van der Waals surface area (Å²) in [5.74, 6) is 0.930. The molecule has 1 aliphatic heterocycles. The molecule has 1 aromatic carbocycles. The lowest BCUT2D eigenvalue weighted by Gasteiger charge is -2.34. The summed E-state index contributed by atoms with van der Waals surface area (Å²) in [6, 6.07) is 3.45. The summed E-state index contributed by atoms with van der Waals surface area (Å²) in [4.78, 5) is 0.341. The Morgan fingerprint density at radius 3 is 2.48 bits per heavy atom. The Kier molecular flexibility index (Phi) is 4.76. The van der Waals surface area contributed by atoms with Crippen LogP contribution >= 0.6 is 0 Å². The Balaban J connectivity index is 2.42. The van der Waals surface area contributed by atoms with Gasteiger partial charge in [-0.2, -0.15) is 4.31 Å². The number of hydrogen-bond donors (Lipinski definition) is 1. The van der Waals surface area contributed by atoms with Crippen molar-refractivity contribution in [3.05, 3.63) is 28.8 Å². The van der Waals surface area contributed by atoms with E-state index >= 15 is 0 Å². The first-order valence-corrected chi connectivity index (χ1v) is 8.92. The van der Waals surface area contributed by atoms with Crippen molar-refractivity contribution in [2.24, 2.45) is 11.8 Å². The van der Waals surface area contributed by atoms with Crippen molar-refractivity contribution < 1.29 is 13.5 Å². The van der Waals surface area contributed by atoms with Gasteiger partial charge in [0.15, 0.2) is 0 Å². The van der Waals surface area contributed by atoms with Crippen LogP contribution in [0.2, 0.25) is 0 Å². The number of piperidine rings is 1. The number of aliphatic hydroxyl groups is 1. The summed E-state index contributed by atoms with van der Waals surface area (Å²) < 4.78 is 27.4. The van der Waals surface area contributed by atoms with Crippen molar-refractivity contribution in [1.29, 1.82) is 0 Å². The Morgan fingerprint density at radius 1 is 1.24 bits per heavy atom. The van der Waals surface area contributed by atoms with Gasteiger partial charge in [0, 0.05) is 13.1 Å². The minimum Gasteiger partial charge on any atom is -0.392 e. The normalized spacial score (nSPS) is 24.2. The molecule has 2 atom stereocenters. The predicted molar refractivity (Wildman–Crippen MR) is 83.5 cm³/mol. The van der Waals surface area contributed by atoms with E-state index in [1.807, 2.05) is 19.9 Å². The first-order valence-electron chi connectivity index (χ1n) is 7.48. The molecular weight excluding hydrogens is 286 g/mol. The van der Waals surface area contributed by atoms with Crippen LogP contribution in [0.1, 0.15) is 37.0 Å². The molecule has 0 aliphatic carbocycles. The number of benzene rings is 1. The molecule has 0 bridgehead atoms. The van der Waals surface area contributed by atoms with E-state index in [4.69, 9.17) is 0 Å². The number of hydrogen-bond acceptors (Lipinski definition) is 3. The average Bonchev–Trinajstić information content (AvgIpc) is 2.44. The molecule has 0 amide bonds. The lowest BCUT2D eigenvalue weighted by Crippen LogP contribution is -2.42. The first-order chi connectivity index (χ1) is 9.77. The third-order valence-corrected chi connectivity index (χ3v) is 6.77. The number of nitrogens with zero attached hydrogens (tertiary/aromatic N) is 1. The van der Waals surface area contributed by atoms with Crippen LogP contribution < -0.4 is 0 Å². The van der Waals surface area contributed by atoms with Gasteiger partial charge in [0.2, 0.25) is 10.0 Å². The van der Waals surface area contributed by atoms with E-state index in [2.05, 4.69) is 13.8 Å². The summed E-state index contributed by atoms with van der Waals surface area (Å²) in [6.45, 7) is 9.01. The molecular formula is C16H25NO3S. The molecule has 4 nitrogen and oxygen atoms in total. The van der Waals surface area contributed by atoms with Gasteiger partial charge in [0.1, 0.15) is 0 Å². The maximum Gasteiger partial charge on any atom is 0.243 e. The fourth-order valence-corrected chi connectivity index (χ4v) is 4.74. The minimum atomic E-state index is -3.48. The summed E-state index contributed by atoms with van der Waals surface area (Å²) in [5.41, 5.74) is 2.33. The van der Waals surface area contributed by atoms with Gasteiger partial charge >= 0.3 is 0 Å². The van der Waals surface area contributed by atoms with Crippen molar-refractivity contribution in [3.8, 4) is 0 Å². The third-order valence-electron chi connectivity index (χ3n) is 4.78. The summed E-state index contributed by atoms with van der Waals surface area (Å²) in [7, 11) is -3.48.